The van der Waals surface area contributed by atoms with Crippen LogP contribution in [0.3, 0.4) is 0 Å². The zero-order valence-corrected chi connectivity index (χ0v) is 15.8. The van der Waals surface area contributed by atoms with E-state index in [9.17, 15) is 9.18 Å². The number of aromatic nitrogens is 3. The normalized spacial score (nSPS) is 15.6. The van der Waals surface area contributed by atoms with Crippen LogP contribution in [-0.4, -0.2) is 58.9 Å². The number of benzene rings is 1. The van der Waals surface area contributed by atoms with E-state index in [1.807, 2.05) is 12.1 Å². The van der Waals surface area contributed by atoms with Gasteiger partial charge < -0.3 is 15.1 Å². The predicted molar refractivity (Wildman–Crippen MR) is 105 cm³/mol. The Hall–Kier alpha value is -3.00. The van der Waals surface area contributed by atoms with Crippen LogP contribution in [-0.2, 0) is 6.54 Å². The number of carbonyl (C=O) groups is 1. The predicted octanol–water partition coefficient (Wildman–Crippen LogP) is 1.94. The van der Waals surface area contributed by atoms with Crippen molar-refractivity contribution in [3.63, 3.8) is 0 Å². The van der Waals surface area contributed by atoms with Gasteiger partial charge in [0, 0.05) is 38.1 Å². The number of likely N-dealkylation sites (N-methyl/N-ethyl adjacent to an activating group) is 1. The quantitative estimate of drug-likeness (QED) is 0.747. The van der Waals surface area contributed by atoms with Gasteiger partial charge in [0.25, 0.3) is 5.91 Å². The molecule has 0 radical (unpaired) electrons. The minimum atomic E-state index is -0.327. The number of halogens is 1. The Morgan fingerprint density at radius 3 is 2.96 bits per heavy atom. The van der Waals surface area contributed by atoms with E-state index in [1.165, 1.54) is 12.1 Å². The number of amides is 1. The Balaban J connectivity index is 1.53. The molecular formula is C20H23FN6O. The summed E-state index contributed by atoms with van der Waals surface area (Å²) in [7, 11) is 2.11. The Morgan fingerprint density at radius 1 is 1.18 bits per heavy atom. The van der Waals surface area contributed by atoms with Crippen LogP contribution >= 0.6 is 0 Å². The molecule has 0 spiro atoms. The minimum Gasteiger partial charge on any atom is -0.370 e. The fourth-order valence-electron chi connectivity index (χ4n) is 3.56. The van der Waals surface area contributed by atoms with E-state index >= 15 is 0 Å². The molecule has 3 aromatic rings. The molecule has 1 aliphatic heterocycles. The average molecular weight is 382 g/mol. The summed E-state index contributed by atoms with van der Waals surface area (Å²) in [5.41, 5.74) is 2.61. The first-order valence-corrected chi connectivity index (χ1v) is 9.42. The molecule has 1 saturated heterocycles. The van der Waals surface area contributed by atoms with Crippen molar-refractivity contribution in [3.8, 4) is 0 Å². The molecule has 0 atom stereocenters. The van der Waals surface area contributed by atoms with Gasteiger partial charge in [0.05, 0.1) is 5.52 Å². The van der Waals surface area contributed by atoms with Gasteiger partial charge in [-0.1, -0.05) is 11.3 Å². The van der Waals surface area contributed by atoms with Gasteiger partial charge in [-0.2, -0.15) is 0 Å². The van der Waals surface area contributed by atoms with Gasteiger partial charge in [-0.15, -0.1) is 5.10 Å². The maximum Gasteiger partial charge on any atom is 0.274 e. The van der Waals surface area contributed by atoms with E-state index in [4.69, 9.17) is 0 Å². The van der Waals surface area contributed by atoms with Gasteiger partial charge >= 0.3 is 0 Å². The number of fused-ring (bicyclic) bond motifs is 1. The van der Waals surface area contributed by atoms with Crippen LogP contribution in [0.25, 0.3) is 5.52 Å². The van der Waals surface area contributed by atoms with Crippen molar-refractivity contribution in [2.24, 2.45) is 0 Å². The Bertz CT molecular complexity index is 988. The Morgan fingerprint density at radius 2 is 2.07 bits per heavy atom. The molecule has 4 rings (SSSR count). The van der Waals surface area contributed by atoms with Crippen molar-refractivity contribution in [3.05, 3.63) is 59.7 Å². The highest BCUT2D eigenvalue weighted by atomic mass is 19.1. The van der Waals surface area contributed by atoms with Gasteiger partial charge in [0.2, 0.25) is 0 Å². The van der Waals surface area contributed by atoms with Crippen molar-refractivity contribution < 1.29 is 9.18 Å². The number of nitrogens with one attached hydrogen (secondary N) is 1. The first-order valence-electron chi connectivity index (χ1n) is 9.42. The van der Waals surface area contributed by atoms with Gasteiger partial charge in [0.15, 0.2) is 5.69 Å². The third kappa shape index (κ3) is 3.82. The molecule has 1 amide bonds. The molecule has 0 unspecified atom stereocenters. The molecular weight excluding hydrogens is 359 g/mol. The molecule has 0 aliphatic carbocycles. The van der Waals surface area contributed by atoms with E-state index in [0.29, 0.717) is 5.52 Å². The van der Waals surface area contributed by atoms with Crippen molar-refractivity contribution in [2.45, 2.75) is 13.0 Å². The first-order chi connectivity index (χ1) is 13.6. The summed E-state index contributed by atoms with van der Waals surface area (Å²) in [6.45, 7) is 4.01. The van der Waals surface area contributed by atoms with Crippen LogP contribution in [0.4, 0.5) is 10.1 Å². The van der Waals surface area contributed by atoms with Crippen LogP contribution in [0.1, 0.15) is 22.5 Å². The van der Waals surface area contributed by atoms with Crippen LogP contribution < -0.4 is 10.2 Å². The smallest absolute Gasteiger partial charge is 0.274 e. The van der Waals surface area contributed by atoms with Crippen LogP contribution in [0.2, 0.25) is 0 Å². The van der Waals surface area contributed by atoms with Crippen LogP contribution in [0, 0.1) is 5.82 Å². The number of carbonyl (C=O) groups excluding carboxylic acids is 1. The van der Waals surface area contributed by atoms with Gasteiger partial charge in [-0.05, 0) is 55.9 Å². The van der Waals surface area contributed by atoms with Crippen molar-refractivity contribution in [1.82, 2.24) is 25.0 Å². The second-order valence-corrected chi connectivity index (χ2v) is 7.07. The Kier molecular flexibility index (Phi) is 5.21. The molecule has 7 nitrogen and oxygen atoms in total. The average Bonchev–Trinajstić information content (AvgIpc) is 3.02. The number of hydrogen-bond acceptors (Lipinski definition) is 5. The van der Waals surface area contributed by atoms with E-state index in [0.717, 1.165) is 43.9 Å². The minimum absolute atomic E-state index is 0.226. The molecule has 0 bridgehead atoms. The summed E-state index contributed by atoms with van der Waals surface area (Å²) in [6, 6.07) is 10.2. The molecule has 3 heterocycles. The zero-order valence-electron chi connectivity index (χ0n) is 15.8. The number of rotatable bonds is 4. The summed E-state index contributed by atoms with van der Waals surface area (Å²) in [6.07, 6.45) is 2.78. The lowest BCUT2D eigenvalue weighted by molar-refractivity contribution is 0.0947. The molecule has 1 aliphatic rings. The van der Waals surface area contributed by atoms with E-state index < -0.39 is 0 Å². The molecule has 8 heteroatoms. The van der Waals surface area contributed by atoms with Crippen molar-refractivity contribution in [1.29, 1.82) is 0 Å². The molecule has 2 aromatic heterocycles. The summed E-state index contributed by atoms with van der Waals surface area (Å²) >= 11 is 0. The van der Waals surface area contributed by atoms with Gasteiger partial charge in [-0.3, -0.25) is 4.79 Å². The lowest BCUT2D eigenvalue weighted by atomic mass is 10.1. The third-order valence-corrected chi connectivity index (χ3v) is 5.08. The third-order valence-electron chi connectivity index (χ3n) is 5.08. The summed E-state index contributed by atoms with van der Waals surface area (Å²) < 4.78 is 15.4. The molecule has 0 saturated carbocycles. The molecule has 146 valence electrons. The Labute approximate surface area is 162 Å². The van der Waals surface area contributed by atoms with Crippen molar-refractivity contribution >= 4 is 17.1 Å². The molecule has 1 N–H and O–H groups in total. The lowest BCUT2D eigenvalue weighted by Crippen LogP contribution is -2.31. The molecule has 1 fully saturated rings. The SMILES string of the molecule is CN1CCCN(c2ccc(F)cc2CNC(=O)c2nnn3ccccc23)CC1. The van der Waals surface area contributed by atoms with Crippen LogP contribution in [0.15, 0.2) is 42.6 Å². The second-order valence-electron chi connectivity index (χ2n) is 7.07. The van der Waals surface area contributed by atoms with E-state index in [-0.39, 0.29) is 24.0 Å². The number of nitrogens with zero attached hydrogens (tertiary/aromatic N) is 5. The fourth-order valence-corrected chi connectivity index (χ4v) is 3.56. The second kappa shape index (κ2) is 7.93. The van der Waals surface area contributed by atoms with E-state index in [2.05, 4.69) is 32.5 Å². The maximum atomic E-state index is 13.9. The molecule has 28 heavy (non-hydrogen) atoms. The highest BCUT2D eigenvalue weighted by Crippen LogP contribution is 2.23. The first kappa shape index (κ1) is 18.4. The summed E-state index contributed by atoms with van der Waals surface area (Å²) in [4.78, 5) is 17.2. The summed E-state index contributed by atoms with van der Waals surface area (Å²) in [5, 5.41) is 10.8. The summed E-state index contributed by atoms with van der Waals surface area (Å²) in [5.74, 6) is -0.638. The number of anilines is 1. The molecule has 1 aromatic carbocycles. The van der Waals surface area contributed by atoms with Crippen molar-refractivity contribution in [2.75, 3.05) is 38.1 Å². The zero-order chi connectivity index (χ0) is 19.5. The van der Waals surface area contributed by atoms with E-state index in [1.54, 1.807) is 22.8 Å². The number of pyridine rings is 1. The van der Waals surface area contributed by atoms with Crippen LogP contribution in [0.5, 0.6) is 0 Å². The van der Waals surface area contributed by atoms with Gasteiger partial charge in [-0.25, -0.2) is 8.91 Å². The standard InChI is InChI=1S/C20H23FN6O/c1-25-8-4-9-26(12-11-25)17-7-6-16(21)13-15(17)14-22-20(28)19-18-5-2-3-10-27(18)24-23-19/h2-3,5-7,10,13H,4,8-9,11-12,14H2,1H3,(H,22,28). The lowest BCUT2D eigenvalue weighted by Gasteiger charge is -2.25. The largest absolute Gasteiger partial charge is 0.370 e. The maximum absolute atomic E-state index is 13.9. The fraction of sp³-hybridized carbons (Fsp3) is 0.350. The topological polar surface area (TPSA) is 65.8 Å². The number of hydrogen-bond donors (Lipinski definition) is 1. The highest BCUT2D eigenvalue weighted by Gasteiger charge is 2.18. The highest BCUT2D eigenvalue weighted by molar-refractivity contribution is 5.98. The monoisotopic (exact) mass is 382 g/mol. The van der Waals surface area contributed by atoms with Gasteiger partial charge in [0.1, 0.15) is 5.82 Å².